The fourth-order valence-electron chi connectivity index (χ4n) is 3.25. The Labute approximate surface area is 123 Å². The molecule has 3 nitrogen and oxygen atoms in total. The van der Waals surface area contributed by atoms with Gasteiger partial charge in [-0.1, -0.05) is 36.9 Å². The maximum absolute atomic E-state index is 14.2. The van der Waals surface area contributed by atoms with Crippen LogP contribution < -0.4 is 5.73 Å². The Balaban J connectivity index is 2.32. The Morgan fingerprint density at radius 2 is 2.25 bits per heavy atom. The highest BCUT2D eigenvalue weighted by molar-refractivity contribution is 8.13. The predicted molar refractivity (Wildman–Crippen MR) is 81.6 cm³/mol. The van der Waals surface area contributed by atoms with Crippen LogP contribution in [-0.4, -0.2) is 24.1 Å². The average Bonchev–Trinajstić information content (AvgIpc) is 2.74. The zero-order valence-corrected chi connectivity index (χ0v) is 12.7. The second-order valence-electron chi connectivity index (χ2n) is 5.49. The second kappa shape index (κ2) is 6.14. The molecule has 0 saturated heterocycles. The van der Waals surface area contributed by atoms with Gasteiger partial charge in [-0.2, -0.15) is 0 Å². The number of nitrogens with two attached hydrogens (primary N) is 1. The number of ether oxygens (including phenoxy) is 1. The molecule has 0 aliphatic heterocycles. The van der Waals surface area contributed by atoms with E-state index in [4.69, 9.17) is 15.9 Å². The Morgan fingerprint density at radius 3 is 2.85 bits per heavy atom. The van der Waals surface area contributed by atoms with Crippen molar-refractivity contribution < 1.29 is 9.13 Å². The molecule has 1 aromatic carbocycles. The van der Waals surface area contributed by atoms with Gasteiger partial charge in [-0.05, 0) is 24.5 Å². The van der Waals surface area contributed by atoms with Crippen molar-refractivity contribution in [2.45, 2.75) is 31.3 Å². The van der Waals surface area contributed by atoms with Crippen molar-refractivity contribution in [3.63, 3.8) is 0 Å². The lowest BCUT2D eigenvalue weighted by Crippen LogP contribution is -2.35. The SMILES string of the molecule is COC1CC[C@@](C)(c2ccccc2F)[C@@H]1CSC(=N)N. The van der Waals surface area contributed by atoms with Crippen molar-refractivity contribution in [2.24, 2.45) is 11.7 Å². The first kappa shape index (κ1) is 15.3. The molecule has 0 aromatic heterocycles. The van der Waals surface area contributed by atoms with Crippen LogP contribution in [0.25, 0.3) is 0 Å². The maximum Gasteiger partial charge on any atom is 0.151 e. The minimum absolute atomic E-state index is 0.0893. The Bertz CT molecular complexity index is 497. The maximum atomic E-state index is 14.2. The first-order valence-electron chi connectivity index (χ1n) is 6.73. The molecule has 20 heavy (non-hydrogen) atoms. The molecular formula is C15H21FN2OS. The molecule has 0 bridgehead atoms. The molecule has 1 unspecified atom stereocenters. The van der Waals surface area contributed by atoms with Crippen molar-refractivity contribution in [2.75, 3.05) is 12.9 Å². The van der Waals surface area contributed by atoms with Crippen LogP contribution in [0.5, 0.6) is 0 Å². The highest BCUT2D eigenvalue weighted by Gasteiger charge is 2.47. The van der Waals surface area contributed by atoms with Crippen LogP contribution in [0.15, 0.2) is 24.3 Å². The molecule has 5 heteroatoms. The molecule has 3 atom stereocenters. The van der Waals surface area contributed by atoms with Gasteiger partial charge < -0.3 is 10.5 Å². The van der Waals surface area contributed by atoms with Crippen molar-refractivity contribution in [1.29, 1.82) is 5.41 Å². The van der Waals surface area contributed by atoms with Crippen LogP contribution in [-0.2, 0) is 10.2 Å². The molecule has 1 fully saturated rings. The van der Waals surface area contributed by atoms with Gasteiger partial charge in [-0.25, -0.2) is 4.39 Å². The van der Waals surface area contributed by atoms with E-state index in [1.54, 1.807) is 13.2 Å². The van der Waals surface area contributed by atoms with Crippen LogP contribution in [0.3, 0.4) is 0 Å². The third kappa shape index (κ3) is 2.83. The van der Waals surface area contributed by atoms with Crippen molar-refractivity contribution >= 4 is 16.9 Å². The quantitative estimate of drug-likeness (QED) is 0.663. The zero-order valence-electron chi connectivity index (χ0n) is 11.9. The van der Waals surface area contributed by atoms with E-state index in [9.17, 15) is 4.39 Å². The second-order valence-corrected chi connectivity index (χ2v) is 6.55. The molecular weight excluding hydrogens is 275 g/mol. The van der Waals surface area contributed by atoms with E-state index >= 15 is 0 Å². The monoisotopic (exact) mass is 296 g/mol. The molecule has 1 aliphatic carbocycles. The summed E-state index contributed by atoms with van der Waals surface area (Å²) in [6.45, 7) is 2.09. The fourth-order valence-corrected chi connectivity index (χ4v) is 4.19. The van der Waals surface area contributed by atoms with Crippen LogP contribution in [0.4, 0.5) is 4.39 Å². The van der Waals surface area contributed by atoms with Crippen LogP contribution in [0.1, 0.15) is 25.3 Å². The predicted octanol–water partition coefficient (Wildman–Crippen LogP) is 3.14. The summed E-state index contributed by atoms with van der Waals surface area (Å²) in [6.07, 6.45) is 1.88. The lowest BCUT2D eigenvalue weighted by Gasteiger charge is -2.34. The molecule has 3 N–H and O–H groups in total. The number of halogens is 1. The van der Waals surface area contributed by atoms with Crippen molar-refractivity contribution in [3.8, 4) is 0 Å². The lowest BCUT2D eigenvalue weighted by atomic mass is 9.74. The molecule has 0 heterocycles. The van der Waals surface area contributed by atoms with E-state index in [1.165, 1.54) is 17.8 Å². The first-order chi connectivity index (χ1) is 9.49. The third-order valence-electron chi connectivity index (χ3n) is 4.43. The van der Waals surface area contributed by atoms with Crippen LogP contribution >= 0.6 is 11.8 Å². The number of hydrogen-bond donors (Lipinski definition) is 2. The van der Waals surface area contributed by atoms with Gasteiger partial charge in [0, 0.05) is 24.2 Å². The zero-order chi connectivity index (χ0) is 14.8. The van der Waals surface area contributed by atoms with Crippen molar-refractivity contribution in [1.82, 2.24) is 0 Å². The van der Waals surface area contributed by atoms with E-state index < -0.39 is 0 Å². The average molecular weight is 296 g/mol. The molecule has 1 aromatic rings. The minimum atomic E-state index is -0.269. The normalized spacial score (nSPS) is 29.6. The summed E-state index contributed by atoms with van der Waals surface area (Å²) in [6, 6.07) is 6.96. The summed E-state index contributed by atoms with van der Waals surface area (Å²) in [5.74, 6) is 0.668. The smallest absolute Gasteiger partial charge is 0.151 e. The van der Waals surface area contributed by atoms with E-state index in [2.05, 4.69) is 6.92 Å². The summed E-state index contributed by atoms with van der Waals surface area (Å²) >= 11 is 1.31. The number of hydrogen-bond acceptors (Lipinski definition) is 3. The summed E-state index contributed by atoms with van der Waals surface area (Å²) in [4.78, 5) is 0. The highest BCUT2D eigenvalue weighted by Crippen LogP contribution is 2.48. The highest BCUT2D eigenvalue weighted by atomic mass is 32.2. The van der Waals surface area contributed by atoms with Gasteiger partial charge in [0.1, 0.15) is 5.82 Å². The standard InChI is InChI=1S/C15H21FN2OS/c1-15(10-5-3-4-6-12(10)16)8-7-13(19-2)11(15)9-20-14(17)18/h3-6,11,13H,7-9H2,1-2H3,(H3,17,18)/t11-,13?,15+/m1/s1. The third-order valence-corrected chi connectivity index (χ3v) is 5.26. The number of nitrogens with one attached hydrogen (secondary N) is 1. The molecule has 2 rings (SSSR count). The lowest BCUT2D eigenvalue weighted by molar-refractivity contribution is 0.0662. The van der Waals surface area contributed by atoms with Gasteiger partial charge >= 0.3 is 0 Å². The number of amidine groups is 1. The summed E-state index contributed by atoms with van der Waals surface area (Å²) in [5.41, 5.74) is 5.92. The minimum Gasteiger partial charge on any atom is -0.381 e. The number of thioether (sulfide) groups is 1. The topological polar surface area (TPSA) is 59.1 Å². The molecule has 1 aliphatic rings. The molecule has 0 amide bonds. The van der Waals surface area contributed by atoms with E-state index in [0.29, 0.717) is 5.75 Å². The summed E-state index contributed by atoms with van der Waals surface area (Å²) in [5, 5.41) is 7.48. The molecule has 0 radical (unpaired) electrons. The van der Waals surface area contributed by atoms with E-state index in [0.717, 1.165) is 18.4 Å². The summed E-state index contributed by atoms with van der Waals surface area (Å²) in [7, 11) is 1.70. The van der Waals surface area contributed by atoms with Crippen molar-refractivity contribution in [3.05, 3.63) is 35.6 Å². The van der Waals surface area contributed by atoms with E-state index in [-0.39, 0.29) is 28.4 Å². The van der Waals surface area contributed by atoms with Gasteiger partial charge in [0.05, 0.1) is 6.10 Å². The van der Waals surface area contributed by atoms with Gasteiger partial charge in [-0.15, -0.1) is 0 Å². The number of rotatable bonds is 4. The van der Waals surface area contributed by atoms with Gasteiger partial charge in [0.2, 0.25) is 0 Å². The summed E-state index contributed by atoms with van der Waals surface area (Å²) < 4.78 is 19.7. The van der Waals surface area contributed by atoms with Crippen LogP contribution in [0.2, 0.25) is 0 Å². The Hall–Kier alpha value is -1.07. The molecule has 1 saturated carbocycles. The van der Waals surface area contributed by atoms with Crippen LogP contribution in [0, 0.1) is 17.1 Å². The van der Waals surface area contributed by atoms with E-state index in [1.807, 2.05) is 12.1 Å². The number of methoxy groups -OCH3 is 1. The van der Waals surface area contributed by atoms with Gasteiger partial charge in [-0.3, -0.25) is 5.41 Å². The number of benzene rings is 1. The van der Waals surface area contributed by atoms with Gasteiger partial charge in [0.25, 0.3) is 0 Å². The molecule has 110 valence electrons. The first-order valence-corrected chi connectivity index (χ1v) is 7.72. The largest absolute Gasteiger partial charge is 0.381 e. The van der Waals surface area contributed by atoms with Gasteiger partial charge in [0.15, 0.2) is 5.17 Å². The molecule has 0 spiro atoms. The Morgan fingerprint density at radius 1 is 1.55 bits per heavy atom. The fraction of sp³-hybridized carbons (Fsp3) is 0.533. The Kier molecular flexibility index (Phi) is 4.70.